The summed E-state index contributed by atoms with van der Waals surface area (Å²) in [7, 11) is 1.58. The number of benzene rings is 1. The van der Waals surface area contributed by atoms with Gasteiger partial charge in [0.1, 0.15) is 11.9 Å². The molecule has 116 valence electrons. The molecule has 5 heteroatoms. The van der Waals surface area contributed by atoms with E-state index in [9.17, 15) is 4.79 Å². The van der Waals surface area contributed by atoms with Gasteiger partial charge < -0.3 is 4.74 Å². The standard InChI is InChI=1S/C16H23ClN2O2/c1-6-18(7-2)14-16(3,4)15(20)19(14)11-8-9-12(17)13(10-11)21-5/h8-10,14H,6-7H2,1-5H3. The molecule has 0 bridgehead atoms. The lowest BCUT2D eigenvalue weighted by Gasteiger charge is -2.56. The first-order valence-electron chi connectivity index (χ1n) is 7.29. The number of amides is 1. The summed E-state index contributed by atoms with van der Waals surface area (Å²) in [5.74, 6) is 0.716. The number of β-lactam (4-membered cyclic amide) rings is 1. The fraction of sp³-hybridized carbons (Fsp3) is 0.562. The van der Waals surface area contributed by atoms with Crippen LogP contribution in [0.4, 0.5) is 5.69 Å². The van der Waals surface area contributed by atoms with Gasteiger partial charge in [-0.3, -0.25) is 14.6 Å². The molecule has 1 fully saturated rings. The van der Waals surface area contributed by atoms with Gasteiger partial charge in [0.05, 0.1) is 17.5 Å². The Labute approximate surface area is 131 Å². The van der Waals surface area contributed by atoms with E-state index >= 15 is 0 Å². The van der Waals surface area contributed by atoms with Gasteiger partial charge in [0.15, 0.2) is 0 Å². The van der Waals surface area contributed by atoms with Crippen LogP contribution in [-0.2, 0) is 4.79 Å². The maximum atomic E-state index is 12.5. The first-order valence-corrected chi connectivity index (χ1v) is 7.67. The SMILES string of the molecule is CCN(CC)C1N(c2ccc(Cl)c(OC)c2)C(=O)C1(C)C. The highest BCUT2D eigenvalue weighted by atomic mass is 35.5. The van der Waals surface area contributed by atoms with Crippen molar-refractivity contribution in [3.63, 3.8) is 0 Å². The molecule has 1 unspecified atom stereocenters. The van der Waals surface area contributed by atoms with Crippen molar-refractivity contribution in [1.29, 1.82) is 0 Å². The van der Waals surface area contributed by atoms with Crippen molar-refractivity contribution in [3.8, 4) is 5.75 Å². The zero-order valence-electron chi connectivity index (χ0n) is 13.3. The van der Waals surface area contributed by atoms with Gasteiger partial charge in [-0.05, 0) is 39.1 Å². The minimum Gasteiger partial charge on any atom is -0.495 e. The molecule has 1 aromatic rings. The van der Waals surface area contributed by atoms with E-state index in [1.807, 2.05) is 30.9 Å². The Morgan fingerprint density at radius 3 is 2.48 bits per heavy atom. The van der Waals surface area contributed by atoms with Crippen LogP contribution in [-0.4, -0.2) is 37.2 Å². The molecule has 1 heterocycles. The van der Waals surface area contributed by atoms with Crippen molar-refractivity contribution >= 4 is 23.2 Å². The topological polar surface area (TPSA) is 32.8 Å². The summed E-state index contributed by atoms with van der Waals surface area (Å²) in [5, 5.41) is 0.549. The first kappa shape index (κ1) is 16.1. The number of carbonyl (C=O) groups excluding carboxylic acids is 1. The van der Waals surface area contributed by atoms with Crippen molar-refractivity contribution < 1.29 is 9.53 Å². The molecule has 1 atom stereocenters. The molecule has 0 spiro atoms. The lowest BCUT2D eigenvalue weighted by atomic mass is 9.77. The normalized spacial score (nSPS) is 20.6. The monoisotopic (exact) mass is 310 g/mol. The summed E-state index contributed by atoms with van der Waals surface area (Å²) < 4.78 is 5.26. The van der Waals surface area contributed by atoms with E-state index in [2.05, 4.69) is 18.7 Å². The van der Waals surface area contributed by atoms with E-state index < -0.39 is 0 Å². The quantitative estimate of drug-likeness (QED) is 0.782. The van der Waals surface area contributed by atoms with Gasteiger partial charge in [-0.2, -0.15) is 0 Å². The summed E-state index contributed by atoms with van der Waals surface area (Å²) >= 11 is 6.07. The summed E-state index contributed by atoms with van der Waals surface area (Å²) in [6.07, 6.45) is 0.0610. The zero-order chi connectivity index (χ0) is 15.8. The molecule has 0 aliphatic carbocycles. The van der Waals surface area contributed by atoms with Gasteiger partial charge in [-0.1, -0.05) is 25.4 Å². The van der Waals surface area contributed by atoms with Crippen molar-refractivity contribution in [1.82, 2.24) is 4.90 Å². The van der Waals surface area contributed by atoms with Crippen molar-refractivity contribution in [2.24, 2.45) is 5.41 Å². The maximum absolute atomic E-state index is 12.5. The number of nitrogens with zero attached hydrogens (tertiary/aromatic N) is 2. The molecular formula is C16H23ClN2O2. The predicted molar refractivity (Wildman–Crippen MR) is 86.0 cm³/mol. The molecule has 1 aromatic carbocycles. The number of carbonyl (C=O) groups is 1. The van der Waals surface area contributed by atoms with Crippen LogP contribution < -0.4 is 9.64 Å². The van der Waals surface area contributed by atoms with Crippen molar-refractivity contribution in [2.75, 3.05) is 25.1 Å². The highest BCUT2D eigenvalue weighted by Gasteiger charge is 2.56. The molecule has 1 saturated heterocycles. The van der Waals surface area contributed by atoms with Crippen LogP contribution >= 0.6 is 11.6 Å². The van der Waals surface area contributed by atoms with Gasteiger partial charge in [-0.25, -0.2) is 0 Å². The second-order valence-corrected chi connectivity index (χ2v) is 6.22. The van der Waals surface area contributed by atoms with Crippen LogP contribution in [0.2, 0.25) is 5.02 Å². The Bertz CT molecular complexity index is 541. The van der Waals surface area contributed by atoms with Crippen LogP contribution in [0.1, 0.15) is 27.7 Å². The van der Waals surface area contributed by atoms with Gasteiger partial charge in [0, 0.05) is 11.8 Å². The first-order chi connectivity index (χ1) is 9.88. The zero-order valence-corrected chi connectivity index (χ0v) is 14.1. The number of hydrogen-bond donors (Lipinski definition) is 0. The molecule has 1 amide bonds. The van der Waals surface area contributed by atoms with Crippen LogP contribution in [0, 0.1) is 5.41 Å². The molecule has 0 saturated carbocycles. The minimum atomic E-state index is -0.376. The van der Waals surface area contributed by atoms with Gasteiger partial charge in [0.25, 0.3) is 0 Å². The maximum Gasteiger partial charge on any atom is 0.237 e. The fourth-order valence-corrected chi connectivity index (χ4v) is 3.23. The van der Waals surface area contributed by atoms with Gasteiger partial charge >= 0.3 is 0 Å². The fourth-order valence-electron chi connectivity index (χ4n) is 3.03. The lowest BCUT2D eigenvalue weighted by Crippen LogP contribution is -2.73. The smallest absolute Gasteiger partial charge is 0.237 e. The Hall–Kier alpha value is -1.26. The number of halogens is 1. The van der Waals surface area contributed by atoms with Crippen molar-refractivity contribution in [2.45, 2.75) is 33.9 Å². The molecule has 0 aromatic heterocycles. The Morgan fingerprint density at radius 2 is 1.95 bits per heavy atom. The molecule has 1 aliphatic rings. The third kappa shape index (κ3) is 2.51. The summed E-state index contributed by atoms with van der Waals surface area (Å²) in [6, 6.07) is 5.47. The molecule has 2 rings (SSSR count). The number of hydrogen-bond acceptors (Lipinski definition) is 3. The molecule has 0 N–H and O–H groups in total. The van der Waals surface area contributed by atoms with E-state index in [4.69, 9.17) is 16.3 Å². The van der Waals surface area contributed by atoms with Crippen molar-refractivity contribution in [3.05, 3.63) is 23.2 Å². The van der Waals surface area contributed by atoms with Crippen LogP contribution in [0.5, 0.6) is 5.75 Å². The Morgan fingerprint density at radius 1 is 1.33 bits per heavy atom. The third-order valence-electron chi connectivity index (χ3n) is 4.23. The van der Waals surface area contributed by atoms with E-state index in [0.717, 1.165) is 18.8 Å². The highest BCUT2D eigenvalue weighted by molar-refractivity contribution is 6.32. The minimum absolute atomic E-state index is 0.0610. The van der Waals surface area contributed by atoms with E-state index in [0.29, 0.717) is 10.8 Å². The number of anilines is 1. The largest absolute Gasteiger partial charge is 0.495 e. The number of rotatable bonds is 5. The van der Waals surface area contributed by atoms with Gasteiger partial charge in [-0.15, -0.1) is 0 Å². The van der Waals surface area contributed by atoms with Crippen LogP contribution in [0.25, 0.3) is 0 Å². The number of ether oxygens (including phenoxy) is 1. The summed E-state index contributed by atoms with van der Waals surface area (Å²) in [5.41, 5.74) is 0.455. The molecule has 21 heavy (non-hydrogen) atoms. The summed E-state index contributed by atoms with van der Waals surface area (Å²) in [6.45, 7) is 10.0. The number of methoxy groups -OCH3 is 1. The Kier molecular flexibility index (Phi) is 4.49. The third-order valence-corrected chi connectivity index (χ3v) is 4.54. The second kappa shape index (κ2) is 5.85. The lowest BCUT2D eigenvalue weighted by molar-refractivity contribution is -0.144. The highest BCUT2D eigenvalue weighted by Crippen LogP contribution is 2.44. The average Bonchev–Trinajstić information content (AvgIpc) is 2.48. The Balaban J connectivity index is 2.39. The molecular weight excluding hydrogens is 288 g/mol. The van der Waals surface area contributed by atoms with Crippen LogP contribution in [0.15, 0.2) is 18.2 Å². The van der Waals surface area contributed by atoms with E-state index in [1.165, 1.54) is 0 Å². The van der Waals surface area contributed by atoms with E-state index in [1.54, 1.807) is 13.2 Å². The molecule has 4 nitrogen and oxygen atoms in total. The predicted octanol–water partition coefficient (Wildman–Crippen LogP) is 3.39. The second-order valence-electron chi connectivity index (χ2n) is 5.81. The van der Waals surface area contributed by atoms with E-state index in [-0.39, 0.29) is 17.5 Å². The van der Waals surface area contributed by atoms with Gasteiger partial charge in [0.2, 0.25) is 5.91 Å². The molecule has 1 aliphatic heterocycles. The average molecular weight is 311 g/mol. The summed E-state index contributed by atoms with van der Waals surface area (Å²) in [4.78, 5) is 16.7. The molecule has 0 radical (unpaired) electrons. The van der Waals surface area contributed by atoms with Crippen LogP contribution in [0.3, 0.4) is 0 Å².